The van der Waals surface area contributed by atoms with Gasteiger partial charge in [-0.3, -0.25) is 10.1 Å². The Kier molecular flexibility index (Phi) is 3.73. The van der Waals surface area contributed by atoms with Crippen molar-refractivity contribution >= 4 is 17.3 Å². The van der Waals surface area contributed by atoms with E-state index in [0.717, 1.165) is 11.0 Å². The first-order valence-electron chi connectivity index (χ1n) is 5.19. The molecule has 0 saturated carbocycles. The van der Waals surface area contributed by atoms with Crippen LogP contribution in [0.5, 0.6) is 0 Å². The Balaban J connectivity index is 3.50. The van der Waals surface area contributed by atoms with E-state index in [0.29, 0.717) is 6.07 Å². The van der Waals surface area contributed by atoms with Gasteiger partial charge in [0, 0.05) is 19.2 Å². The summed E-state index contributed by atoms with van der Waals surface area (Å²) in [5.74, 6) is -3.66. The molecular weight excluding hydrogens is 262 g/mol. The number of carboxylic acid groups (broad SMARTS) is 1. The highest BCUT2D eigenvalue weighted by Gasteiger charge is 2.37. The lowest BCUT2D eigenvalue weighted by Gasteiger charge is -2.33. The van der Waals surface area contributed by atoms with E-state index in [4.69, 9.17) is 5.11 Å². The minimum atomic E-state index is -1.56. The summed E-state index contributed by atoms with van der Waals surface area (Å²) in [6, 6.07) is 1.11. The van der Waals surface area contributed by atoms with Crippen LogP contribution >= 0.6 is 0 Å². The molecule has 6 nitrogen and oxygen atoms in total. The third-order valence-electron chi connectivity index (χ3n) is 2.91. The highest BCUT2D eigenvalue weighted by Crippen LogP contribution is 2.34. The number of anilines is 1. The molecule has 1 N–H and O–H groups in total. The van der Waals surface area contributed by atoms with E-state index >= 15 is 0 Å². The third kappa shape index (κ3) is 2.61. The van der Waals surface area contributed by atoms with Crippen molar-refractivity contribution in [1.29, 1.82) is 0 Å². The predicted octanol–water partition coefficient (Wildman–Crippen LogP) is 2.17. The van der Waals surface area contributed by atoms with Crippen molar-refractivity contribution in [3.63, 3.8) is 0 Å². The Morgan fingerprint density at radius 1 is 1.42 bits per heavy atom. The summed E-state index contributed by atoms with van der Waals surface area (Å²) < 4.78 is 26.6. The number of carboxylic acids is 1. The molecule has 0 spiro atoms. The second-order valence-corrected chi connectivity index (χ2v) is 4.44. The minimum absolute atomic E-state index is 0.378. The van der Waals surface area contributed by atoms with Gasteiger partial charge >= 0.3 is 11.7 Å². The number of hydrogen-bond donors (Lipinski definition) is 1. The number of aliphatic carboxylic acids is 1. The number of carbonyl (C=O) groups is 1. The number of halogens is 2. The van der Waals surface area contributed by atoms with E-state index in [2.05, 4.69) is 0 Å². The summed E-state index contributed by atoms with van der Waals surface area (Å²) in [5.41, 5.74) is -2.96. The number of benzene rings is 1. The fraction of sp³-hybridized carbons (Fsp3) is 0.364. The van der Waals surface area contributed by atoms with E-state index in [9.17, 15) is 23.7 Å². The standard InChI is InChI=1S/C11H12F2N2O4/c1-11(2,10(16)17)14(3)8-5-6(12)4-7(13)9(8)15(18)19/h4-5H,1-3H3,(H,16,17). The summed E-state index contributed by atoms with van der Waals surface area (Å²) in [4.78, 5) is 21.8. The van der Waals surface area contributed by atoms with Gasteiger partial charge in [0.15, 0.2) is 0 Å². The van der Waals surface area contributed by atoms with Crippen molar-refractivity contribution in [2.45, 2.75) is 19.4 Å². The predicted molar refractivity (Wildman–Crippen MR) is 63.1 cm³/mol. The summed E-state index contributed by atoms with van der Waals surface area (Å²) in [5, 5.41) is 19.9. The lowest BCUT2D eigenvalue weighted by Crippen LogP contribution is -2.48. The van der Waals surface area contributed by atoms with Crippen LogP contribution in [-0.4, -0.2) is 28.6 Å². The molecule has 1 rings (SSSR count). The number of likely N-dealkylation sites (N-methyl/N-ethyl adjacent to an activating group) is 1. The fourth-order valence-corrected chi connectivity index (χ4v) is 1.43. The van der Waals surface area contributed by atoms with E-state index in [-0.39, 0.29) is 0 Å². The molecule has 0 aliphatic heterocycles. The maximum atomic E-state index is 13.5. The number of nitro benzene ring substituents is 1. The van der Waals surface area contributed by atoms with Crippen LogP contribution in [0.15, 0.2) is 12.1 Å². The van der Waals surface area contributed by atoms with E-state index in [1.807, 2.05) is 0 Å². The van der Waals surface area contributed by atoms with E-state index in [1.54, 1.807) is 0 Å². The van der Waals surface area contributed by atoms with Crippen LogP contribution in [-0.2, 0) is 4.79 Å². The van der Waals surface area contributed by atoms with Crippen molar-refractivity contribution in [3.05, 3.63) is 33.9 Å². The molecule has 0 fully saturated rings. The Morgan fingerprint density at radius 2 is 1.95 bits per heavy atom. The third-order valence-corrected chi connectivity index (χ3v) is 2.91. The molecule has 0 amide bonds. The maximum Gasteiger partial charge on any atom is 0.328 e. The number of nitro groups is 1. The molecule has 0 aromatic heterocycles. The van der Waals surface area contributed by atoms with Gasteiger partial charge in [-0.1, -0.05) is 0 Å². The first-order valence-corrected chi connectivity index (χ1v) is 5.19. The van der Waals surface area contributed by atoms with Gasteiger partial charge in [0.2, 0.25) is 5.82 Å². The van der Waals surface area contributed by atoms with Gasteiger partial charge in [0.25, 0.3) is 0 Å². The van der Waals surface area contributed by atoms with Gasteiger partial charge in [-0.15, -0.1) is 0 Å². The minimum Gasteiger partial charge on any atom is -0.480 e. The lowest BCUT2D eigenvalue weighted by atomic mass is 10.0. The van der Waals surface area contributed by atoms with Crippen LogP contribution in [0.2, 0.25) is 0 Å². The van der Waals surface area contributed by atoms with Crippen LogP contribution < -0.4 is 4.90 Å². The molecule has 0 heterocycles. The average Bonchev–Trinajstić information content (AvgIpc) is 2.25. The van der Waals surface area contributed by atoms with Gasteiger partial charge in [0.1, 0.15) is 17.0 Å². The zero-order valence-corrected chi connectivity index (χ0v) is 10.5. The molecule has 0 atom stereocenters. The van der Waals surface area contributed by atoms with Crippen molar-refractivity contribution in [2.24, 2.45) is 0 Å². The fourth-order valence-electron chi connectivity index (χ4n) is 1.43. The van der Waals surface area contributed by atoms with Gasteiger partial charge in [-0.2, -0.15) is 4.39 Å². The van der Waals surface area contributed by atoms with Crippen molar-refractivity contribution in [1.82, 2.24) is 0 Å². The molecule has 0 aliphatic carbocycles. The maximum absolute atomic E-state index is 13.5. The van der Waals surface area contributed by atoms with Gasteiger partial charge in [0.05, 0.1) is 4.92 Å². The van der Waals surface area contributed by atoms with Gasteiger partial charge in [-0.25, -0.2) is 9.18 Å². The first kappa shape index (κ1) is 14.8. The second-order valence-electron chi connectivity index (χ2n) is 4.44. The zero-order valence-electron chi connectivity index (χ0n) is 10.5. The van der Waals surface area contributed by atoms with Crippen molar-refractivity contribution in [3.8, 4) is 0 Å². The SMILES string of the molecule is CN(c1cc(F)cc(F)c1[N+](=O)[O-])C(C)(C)C(=O)O. The molecule has 0 aliphatic rings. The molecular formula is C11H12F2N2O4. The van der Waals surface area contributed by atoms with Crippen LogP contribution in [0.25, 0.3) is 0 Å². The lowest BCUT2D eigenvalue weighted by molar-refractivity contribution is -0.386. The molecule has 0 radical (unpaired) electrons. The van der Waals surface area contributed by atoms with Crippen LogP contribution in [0.1, 0.15) is 13.8 Å². The smallest absolute Gasteiger partial charge is 0.328 e. The molecule has 0 bridgehead atoms. The largest absolute Gasteiger partial charge is 0.480 e. The first-order chi connectivity index (χ1) is 8.59. The Hall–Kier alpha value is -2.25. The molecule has 0 unspecified atom stereocenters. The average molecular weight is 274 g/mol. The highest BCUT2D eigenvalue weighted by atomic mass is 19.1. The zero-order chi connectivity index (χ0) is 15.0. The van der Waals surface area contributed by atoms with Gasteiger partial charge in [-0.05, 0) is 13.8 Å². The summed E-state index contributed by atoms with van der Waals surface area (Å²) in [6.07, 6.45) is 0. The number of hydrogen-bond acceptors (Lipinski definition) is 4. The summed E-state index contributed by atoms with van der Waals surface area (Å²) in [6.45, 7) is 2.53. The number of rotatable bonds is 4. The molecule has 104 valence electrons. The molecule has 0 saturated heterocycles. The molecule has 8 heteroatoms. The van der Waals surface area contributed by atoms with E-state index in [1.165, 1.54) is 20.9 Å². The van der Waals surface area contributed by atoms with Crippen LogP contribution in [0, 0.1) is 21.7 Å². The van der Waals surface area contributed by atoms with Crippen molar-refractivity contribution < 1.29 is 23.6 Å². The van der Waals surface area contributed by atoms with Crippen molar-refractivity contribution in [2.75, 3.05) is 11.9 Å². The summed E-state index contributed by atoms with van der Waals surface area (Å²) in [7, 11) is 1.22. The monoisotopic (exact) mass is 274 g/mol. The topological polar surface area (TPSA) is 83.7 Å². The highest BCUT2D eigenvalue weighted by molar-refractivity contribution is 5.84. The molecule has 1 aromatic rings. The normalized spacial score (nSPS) is 11.2. The van der Waals surface area contributed by atoms with Crippen LogP contribution in [0.4, 0.5) is 20.2 Å². The molecule has 19 heavy (non-hydrogen) atoms. The Morgan fingerprint density at radius 3 is 2.37 bits per heavy atom. The summed E-state index contributed by atoms with van der Waals surface area (Å²) >= 11 is 0. The Bertz CT molecular complexity index is 546. The Labute approximate surface area is 107 Å². The second kappa shape index (κ2) is 4.79. The number of nitrogens with zero attached hydrogens (tertiary/aromatic N) is 2. The quantitative estimate of drug-likeness (QED) is 0.672. The molecule has 1 aromatic carbocycles. The van der Waals surface area contributed by atoms with Gasteiger partial charge < -0.3 is 10.0 Å². The van der Waals surface area contributed by atoms with Crippen LogP contribution in [0.3, 0.4) is 0 Å². The van der Waals surface area contributed by atoms with E-state index < -0.39 is 39.4 Å².